The van der Waals surface area contributed by atoms with Crippen LogP contribution in [0.15, 0.2) is 48.9 Å². The summed E-state index contributed by atoms with van der Waals surface area (Å²) in [5, 5.41) is 3.39. The highest BCUT2D eigenvalue weighted by atomic mass is 15.1. The van der Waals surface area contributed by atoms with Crippen LogP contribution in [0.5, 0.6) is 0 Å². The Bertz CT molecular complexity index is 705. The lowest BCUT2D eigenvalue weighted by molar-refractivity contribution is 0.784. The van der Waals surface area contributed by atoms with E-state index in [-0.39, 0.29) is 6.04 Å². The number of rotatable bonds is 4. The quantitative estimate of drug-likeness (QED) is 0.761. The first-order valence-electron chi connectivity index (χ1n) is 6.62. The van der Waals surface area contributed by atoms with E-state index in [1.54, 1.807) is 12.4 Å². The van der Waals surface area contributed by atoms with Gasteiger partial charge in [-0.2, -0.15) is 0 Å². The SMILES string of the molecule is CC(Cc1ccccc1)Nc1nc(N)cn2ccnc12. The third-order valence-corrected chi connectivity index (χ3v) is 3.16. The van der Waals surface area contributed by atoms with Crippen molar-refractivity contribution >= 4 is 17.3 Å². The summed E-state index contributed by atoms with van der Waals surface area (Å²) in [6, 6.07) is 10.6. The Morgan fingerprint density at radius 1 is 1.30 bits per heavy atom. The number of fused-ring (bicyclic) bond motifs is 1. The van der Waals surface area contributed by atoms with Crippen LogP contribution in [-0.4, -0.2) is 20.4 Å². The molecule has 3 aromatic rings. The molecule has 0 amide bonds. The third-order valence-electron chi connectivity index (χ3n) is 3.16. The predicted molar refractivity (Wildman–Crippen MR) is 80.6 cm³/mol. The van der Waals surface area contributed by atoms with E-state index in [0.717, 1.165) is 17.9 Å². The molecule has 2 heterocycles. The highest BCUT2D eigenvalue weighted by Gasteiger charge is 2.10. The molecule has 0 aliphatic heterocycles. The molecule has 1 unspecified atom stereocenters. The van der Waals surface area contributed by atoms with Crippen LogP contribution in [0, 0.1) is 0 Å². The molecular formula is C15H17N5. The Labute approximate surface area is 117 Å². The number of imidazole rings is 1. The van der Waals surface area contributed by atoms with Crippen molar-refractivity contribution < 1.29 is 0 Å². The largest absolute Gasteiger partial charge is 0.382 e. The van der Waals surface area contributed by atoms with E-state index >= 15 is 0 Å². The van der Waals surface area contributed by atoms with Crippen LogP contribution in [0.4, 0.5) is 11.6 Å². The van der Waals surface area contributed by atoms with E-state index in [1.165, 1.54) is 5.56 Å². The Hall–Kier alpha value is -2.56. The fraction of sp³-hybridized carbons (Fsp3) is 0.200. The number of aromatic nitrogens is 3. The highest BCUT2D eigenvalue weighted by Crippen LogP contribution is 2.16. The molecule has 2 aromatic heterocycles. The Kier molecular flexibility index (Phi) is 3.25. The van der Waals surface area contributed by atoms with Crippen molar-refractivity contribution in [1.29, 1.82) is 0 Å². The molecule has 1 aromatic carbocycles. The first kappa shape index (κ1) is 12.5. The summed E-state index contributed by atoms with van der Waals surface area (Å²) in [7, 11) is 0. The number of anilines is 2. The zero-order valence-corrected chi connectivity index (χ0v) is 11.3. The Morgan fingerprint density at radius 2 is 2.10 bits per heavy atom. The molecule has 0 saturated heterocycles. The molecule has 0 spiro atoms. The molecule has 1 atom stereocenters. The lowest BCUT2D eigenvalue weighted by Crippen LogP contribution is -2.20. The molecule has 0 aliphatic rings. The van der Waals surface area contributed by atoms with Gasteiger partial charge in [0.15, 0.2) is 11.5 Å². The number of nitrogens with zero attached hydrogens (tertiary/aromatic N) is 3. The lowest BCUT2D eigenvalue weighted by Gasteiger charge is -2.15. The van der Waals surface area contributed by atoms with Gasteiger partial charge in [0.2, 0.25) is 0 Å². The van der Waals surface area contributed by atoms with E-state index in [4.69, 9.17) is 5.73 Å². The Morgan fingerprint density at radius 3 is 2.90 bits per heavy atom. The van der Waals surface area contributed by atoms with E-state index in [0.29, 0.717) is 5.82 Å². The van der Waals surface area contributed by atoms with Crippen molar-refractivity contribution in [2.45, 2.75) is 19.4 Å². The minimum Gasteiger partial charge on any atom is -0.382 e. The van der Waals surface area contributed by atoms with E-state index in [1.807, 2.05) is 28.8 Å². The molecule has 0 radical (unpaired) electrons. The number of benzene rings is 1. The molecule has 3 N–H and O–H groups in total. The van der Waals surface area contributed by atoms with Crippen LogP contribution in [-0.2, 0) is 6.42 Å². The second-order valence-corrected chi connectivity index (χ2v) is 4.91. The fourth-order valence-electron chi connectivity index (χ4n) is 2.30. The van der Waals surface area contributed by atoms with Crippen LogP contribution >= 0.6 is 0 Å². The average Bonchev–Trinajstić information content (AvgIpc) is 2.88. The van der Waals surface area contributed by atoms with Crippen LogP contribution < -0.4 is 11.1 Å². The second kappa shape index (κ2) is 5.21. The topological polar surface area (TPSA) is 68.2 Å². The van der Waals surface area contributed by atoms with Gasteiger partial charge >= 0.3 is 0 Å². The predicted octanol–water partition coefficient (Wildman–Crippen LogP) is 2.35. The fourth-order valence-corrected chi connectivity index (χ4v) is 2.30. The maximum absolute atomic E-state index is 5.81. The summed E-state index contributed by atoms with van der Waals surface area (Å²) < 4.78 is 1.87. The van der Waals surface area contributed by atoms with Gasteiger partial charge in [-0.15, -0.1) is 0 Å². The highest BCUT2D eigenvalue weighted by molar-refractivity contribution is 5.65. The normalized spacial score (nSPS) is 12.4. The van der Waals surface area contributed by atoms with Gasteiger partial charge in [-0.1, -0.05) is 30.3 Å². The molecule has 20 heavy (non-hydrogen) atoms. The van der Waals surface area contributed by atoms with Crippen LogP contribution in [0.3, 0.4) is 0 Å². The van der Waals surface area contributed by atoms with Crippen molar-refractivity contribution in [2.24, 2.45) is 0 Å². The van der Waals surface area contributed by atoms with Crippen molar-refractivity contribution in [2.75, 3.05) is 11.1 Å². The van der Waals surface area contributed by atoms with Gasteiger partial charge in [0.05, 0.1) is 6.20 Å². The maximum Gasteiger partial charge on any atom is 0.180 e. The van der Waals surface area contributed by atoms with Gasteiger partial charge in [-0.05, 0) is 18.9 Å². The molecule has 102 valence electrons. The van der Waals surface area contributed by atoms with E-state index in [9.17, 15) is 0 Å². The minimum atomic E-state index is 0.243. The summed E-state index contributed by atoms with van der Waals surface area (Å²) in [4.78, 5) is 8.64. The average molecular weight is 267 g/mol. The first-order chi connectivity index (χ1) is 9.72. The summed E-state index contributed by atoms with van der Waals surface area (Å²) in [5.74, 6) is 1.20. The standard InChI is InChI=1S/C15H17N5/c1-11(9-12-5-3-2-4-6-12)18-14-15-17-7-8-20(15)10-13(16)19-14/h2-8,10-11H,9,16H2,1H3,(H,18,19). The zero-order valence-electron chi connectivity index (χ0n) is 11.3. The molecule has 5 nitrogen and oxygen atoms in total. The van der Waals surface area contributed by atoms with Gasteiger partial charge in [-0.3, -0.25) is 0 Å². The van der Waals surface area contributed by atoms with Crippen LogP contribution in [0.2, 0.25) is 0 Å². The minimum absolute atomic E-state index is 0.243. The first-order valence-corrected chi connectivity index (χ1v) is 6.62. The van der Waals surface area contributed by atoms with Crippen molar-refractivity contribution in [3.63, 3.8) is 0 Å². The number of hydrogen-bond donors (Lipinski definition) is 2. The van der Waals surface area contributed by atoms with Gasteiger partial charge in [0.1, 0.15) is 5.82 Å². The number of nitrogen functional groups attached to an aromatic ring is 1. The number of hydrogen-bond acceptors (Lipinski definition) is 4. The second-order valence-electron chi connectivity index (χ2n) is 4.91. The van der Waals surface area contributed by atoms with Gasteiger partial charge in [0, 0.05) is 18.4 Å². The zero-order chi connectivity index (χ0) is 13.9. The lowest BCUT2D eigenvalue weighted by atomic mass is 10.1. The van der Waals surface area contributed by atoms with Gasteiger partial charge < -0.3 is 15.5 Å². The van der Waals surface area contributed by atoms with Crippen LogP contribution in [0.25, 0.3) is 5.65 Å². The summed E-state index contributed by atoms with van der Waals surface area (Å²) in [5.41, 5.74) is 7.89. The Balaban J connectivity index is 1.80. The van der Waals surface area contributed by atoms with E-state index in [2.05, 4.69) is 34.3 Å². The van der Waals surface area contributed by atoms with Gasteiger partial charge in [0.25, 0.3) is 0 Å². The van der Waals surface area contributed by atoms with Gasteiger partial charge in [-0.25, -0.2) is 9.97 Å². The molecule has 0 aliphatic carbocycles. The molecule has 0 fully saturated rings. The van der Waals surface area contributed by atoms with E-state index < -0.39 is 0 Å². The number of nitrogens with two attached hydrogens (primary N) is 1. The smallest absolute Gasteiger partial charge is 0.180 e. The van der Waals surface area contributed by atoms with Crippen molar-refractivity contribution in [3.8, 4) is 0 Å². The van der Waals surface area contributed by atoms with Crippen molar-refractivity contribution in [3.05, 3.63) is 54.5 Å². The maximum atomic E-state index is 5.81. The summed E-state index contributed by atoms with van der Waals surface area (Å²) in [6.07, 6.45) is 6.28. The summed E-state index contributed by atoms with van der Waals surface area (Å²) >= 11 is 0. The summed E-state index contributed by atoms with van der Waals surface area (Å²) in [6.45, 7) is 2.12. The monoisotopic (exact) mass is 267 g/mol. The molecule has 5 heteroatoms. The molecule has 0 bridgehead atoms. The molecule has 3 rings (SSSR count). The van der Waals surface area contributed by atoms with Crippen molar-refractivity contribution in [1.82, 2.24) is 14.4 Å². The third kappa shape index (κ3) is 2.56. The number of nitrogens with one attached hydrogen (secondary N) is 1. The van der Waals surface area contributed by atoms with Crippen LogP contribution in [0.1, 0.15) is 12.5 Å². The molecular weight excluding hydrogens is 250 g/mol. The molecule has 0 saturated carbocycles.